The number of hydrogen-bond acceptors (Lipinski definition) is 3. The number of aromatic hydroxyl groups is 1. The van der Waals surface area contributed by atoms with Crippen LogP contribution in [0.2, 0.25) is 0 Å². The topological polar surface area (TPSA) is 49.8 Å². The summed E-state index contributed by atoms with van der Waals surface area (Å²) in [6.45, 7) is 0. The Labute approximate surface area is 95.2 Å². The summed E-state index contributed by atoms with van der Waals surface area (Å²) < 4.78 is 37.3. The first-order valence-corrected chi connectivity index (χ1v) is 4.49. The van der Waals surface area contributed by atoms with Crippen molar-refractivity contribution in [1.29, 1.82) is 0 Å². The third kappa shape index (κ3) is 3.10. The number of amides is 1. The van der Waals surface area contributed by atoms with Gasteiger partial charge < -0.3 is 5.11 Å². The molecule has 1 amide bonds. The van der Waals surface area contributed by atoms with Crippen LogP contribution in [0.5, 0.6) is 5.75 Å². The van der Waals surface area contributed by atoms with Crippen LogP contribution in [-0.2, 0) is 11.0 Å². The van der Waals surface area contributed by atoms with Crippen LogP contribution in [0.3, 0.4) is 0 Å². The van der Waals surface area contributed by atoms with Crippen LogP contribution in [0.4, 0.5) is 13.2 Å². The van der Waals surface area contributed by atoms with Crippen LogP contribution in [0.1, 0.15) is 15.9 Å². The van der Waals surface area contributed by atoms with Crippen molar-refractivity contribution in [3.8, 4) is 5.75 Å². The maximum Gasteiger partial charge on any atom is 0.416 e. The van der Waals surface area contributed by atoms with Crippen LogP contribution in [0, 0.1) is 0 Å². The molecule has 1 aromatic carbocycles. The lowest BCUT2D eigenvalue weighted by atomic mass is 10.1. The Bertz CT molecular complexity index is 431. The van der Waals surface area contributed by atoms with Gasteiger partial charge in [0.15, 0.2) is 0 Å². The molecule has 0 saturated carbocycles. The summed E-state index contributed by atoms with van der Waals surface area (Å²) >= 11 is 0. The van der Waals surface area contributed by atoms with Crippen molar-refractivity contribution in [2.24, 2.45) is 0 Å². The van der Waals surface area contributed by atoms with Gasteiger partial charge in [0.1, 0.15) is 5.75 Å². The number of benzene rings is 1. The average Bonchev–Trinajstić information content (AvgIpc) is 2.25. The van der Waals surface area contributed by atoms with Gasteiger partial charge in [-0.15, -0.1) is 0 Å². The lowest BCUT2D eigenvalue weighted by molar-refractivity contribution is -0.137. The first-order chi connectivity index (χ1) is 7.75. The first kappa shape index (κ1) is 13.3. The summed E-state index contributed by atoms with van der Waals surface area (Å²) in [5.41, 5.74) is -1.40. The molecule has 0 aliphatic heterocycles. The number of carbonyl (C=O) groups excluding carboxylic acids is 1. The monoisotopic (exact) mass is 249 g/mol. The zero-order chi connectivity index (χ0) is 13.2. The molecule has 0 heterocycles. The molecule has 0 aromatic heterocycles. The number of phenols is 1. The summed E-state index contributed by atoms with van der Waals surface area (Å²) in [7, 11) is 2.45. The van der Waals surface area contributed by atoms with Gasteiger partial charge in [-0.05, 0) is 18.2 Å². The van der Waals surface area contributed by atoms with E-state index in [-0.39, 0.29) is 5.56 Å². The van der Waals surface area contributed by atoms with E-state index in [4.69, 9.17) is 5.11 Å². The Balaban J connectivity index is 3.19. The summed E-state index contributed by atoms with van der Waals surface area (Å²) in [5.74, 6) is -1.42. The van der Waals surface area contributed by atoms with E-state index in [1.165, 1.54) is 14.2 Å². The second kappa shape index (κ2) is 4.62. The van der Waals surface area contributed by atoms with Crippen LogP contribution in [0.15, 0.2) is 18.2 Å². The smallest absolute Gasteiger partial charge is 0.416 e. The van der Waals surface area contributed by atoms with Gasteiger partial charge in [-0.2, -0.15) is 13.2 Å². The van der Waals surface area contributed by atoms with E-state index < -0.39 is 23.4 Å². The van der Waals surface area contributed by atoms with E-state index in [1.54, 1.807) is 0 Å². The highest BCUT2D eigenvalue weighted by Gasteiger charge is 2.32. The third-order valence-electron chi connectivity index (χ3n) is 2.05. The number of alkyl halides is 3. The van der Waals surface area contributed by atoms with E-state index >= 15 is 0 Å². The molecule has 0 aliphatic carbocycles. The summed E-state index contributed by atoms with van der Waals surface area (Å²) in [6.07, 6.45) is -4.63. The van der Waals surface area contributed by atoms with Crippen molar-refractivity contribution in [3.05, 3.63) is 29.3 Å². The maximum absolute atomic E-state index is 12.4. The Morgan fingerprint density at radius 3 is 2.41 bits per heavy atom. The van der Waals surface area contributed by atoms with E-state index in [0.29, 0.717) is 12.1 Å². The van der Waals surface area contributed by atoms with Gasteiger partial charge in [-0.3, -0.25) is 9.63 Å². The third-order valence-corrected chi connectivity index (χ3v) is 2.05. The van der Waals surface area contributed by atoms with Gasteiger partial charge in [0.05, 0.1) is 12.7 Å². The molecular weight excluding hydrogens is 239 g/mol. The minimum Gasteiger partial charge on any atom is -0.508 e. The molecular formula is C10H10F3NO3. The number of hydroxylamine groups is 2. The molecule has 94 valence electrons. The molecule has 0 radical (unpaired) electrons. The van der Waals surface area contributed by atoms with Crippen molar-refractivity contribution < 1.29 is 27.9 Å². The van der Waals surface area contributed by atoms with Crippen LogP contribution in [-0.4, -0.2) is 30.2 Å². The number of hydrogen-bond donors (Lipinski definition) is 1. The number of nitrogens with zero attached hydrogens (tertiary/aromatic N) is 1. The van der Waals surface area contributed by atoms with Crippen molar-refractivity contribution in [3.63, 3.8) is 0 Å². The van der Waals surface area contributed by atoms with Crippen LogP contribution >= 0.6 is 0 Å². The lowest BCUT2D eigenvalue weighted by Crippen LogP contribution is -2.25. The molecule has 4 nitrogen and oxygen atoms in total. The predicted octanol–water partition coefficient (Wildman–Crippen LogP) is 2.04. The summed E-state index contributed by atoms with van der Waals surface area (Å²) in [6, 6.07) is 2.13. The molecule has 1 rings (SSSR count). The zero-order valence-corrected chi connectivity index (χ0v) is 9.08. The standard InChI is InChI=1S/C10H10F3NO3/c1-14(17-2)9(16)6-3-7(10(11,12)13)5-8(15)4-6/h3-5,15H,1-2H3. The Morgan fingerprint density at radius 2 is 1.94 bits per heavy atom. The molecule has 17 heavy (non-hydrogen) atoms. The zero-order valence-electron chi connectivity index (χ0n) is 9.08. The number of carbonyl (C=O) groups is 1. The molecule has 0 aliphatic rings. The van der Waals surface area contributed by atoms with Crippen LogP contribution in [0.25, 0.3) is 0 Å². The van der Waals surface area contributed by atoms with Crippen molar-refractivity contribution in [2.45, 2.75) is 6.18 Å². The highest BCUT2D eigenvalue weighted by Crippen LogP contribution is 2.32. The molecule has 1 N–H and O–H groups in total. The highest BCUT2D eigenvalue weighted by molar-refractivity contribution is 5.94. The highest BCUT2D eigenvalue weighted by atomic mass is 19.4. The molecule has 7 heteroatoms. The second-order valence-corrected chi connectivity index (χ2v) is 3.25. The average molecular weight is 249 g/mol. The Morgan fingerprint density at radius 1 is 1.35 bits per heavy atom. The predicted molar refractivity (Wildman–Crippen MR) is 52.2 cm³/mol. The summed E-state index contributed by atoms with van der Waals surface area (Å²) in [5, 5.41) is 9.91. The Hall–Kier alpha value is -1.76. The van der Waals surface area contributed by atoms with Gasteiger partial charge >= 0.3 is 6.18 Å². The lowest BCUT2D eigenvalue weighted by Gasteiger charge is -2.15. The molecule has 1 aromatic rings. The molecule has 0 atom stereocenters. The van der Waals surface area contributed by atoms with E-state index in [1.807, 2.05) is 0 Å². The van der Waals surface area contributed by atoms with Gasteiger partial charge in [0, 0.05) is 12.6 Å². The first-order valence-electron chi connectivity index (χ1n) is 4.49. The van der Waals surface area contributed by atoms with E-state index in [9.17, 15) is 18.0 Å². The van der Waals surface area contributed by atoms with Gasteiger partial charge in [-0.25, -0.2) is 5.06 Å². The van der Waals surface area contributed by atoms with Crippen molar-refractivity contribution in [2.75, 3.05) is 14.2 Å². The number of phenolic OH excluding ortho intramolecular Hbond substituents is 1. The fourth-order valence-electron chi connectivity index (χ4n) is 1.16. The minimum absolute atomic E-state index is 0.304. The molecule has 0 saturated heterocycles. The Kier molecular flexibility index (Phi) is 3.62. The van der Waals surface area contributed by atoms with Gasteiger partial charge in [-0.1, -0.05) is 0 Å². The quantitative estimate of drug-likeness (QED) is 0.816. The largest absolute Gasteiger partial charge is 0.508 e. The minimum atomic E-state index is -4.63. The molecule has 0 spiro atoms. The molecule has 0 fully saturated rings. The number of halogens is 3. The normalized spacial score (nSPS) is 11.4. The maximum atomic E-state index is 12.4. The second-order valence-electron chi connectivity index (χ2n) is 3.25. The molecule has 0 bridgehead atoms. The fourth-order valence-corrected chi connectivity index (χ4v) is 1.16. The van der Waals surface area contributed by atoms with Crippen molar-refractivity contribution in [1.82, 2.24) is 5.06 Å². The summed E-state index contributed by atoms with van der Waals surface area (Å²) in [4.78, 5) is 16.1. The van der Waals surface area contributed by atoms with E-state index in [0.717, 1.165) is 11.1 Å². The van der Waals surface area contributed by atoms with Crippen molar-refractivity contribution >= 4 is 5.91 Å². The number of rotatable bonds is 2. The SMILES string of the molecule is CON(C)C(=O)c1cc(O)cc(C(F)(F)F)c1. The fraction of sp³-hybridized carbons (Fsp3) is 0.300. The molecule has 0 unspecified atom stereocenters. The van der Waals surface area contributed by atoms with Gasteiger partial charge in [0.25, 0.3) is 5.91 Å². The van der Waals surface area contributed by atoms with Crippen LogP contribution < -0.4 is 0 Å². The van der Waals surface area contributed by atoms with E-state index in [2.05, 4.69) is 4.84 Å². The van der Waals surface area contributed by atoms with Gasteiger partial charge in [0.2, 0.25) is 0 Å².